The summed E-state index contributed by atoms with van der Waals surface area (Å²) < 4.78 is 33.6. The summed E-state index contributed by atoms with van der Waals surface area (Å²) in [7, 11) is -3.52. The first kappa shape index (κ1) is 16.4. The van der Waals surface area contributed by atoms with Crippen LogP contribution in [0.1, 0.15) is 26.2 Å². The van der Waals surface area contributed by atoms with Gasteiger partial charge in [0.05, 0.1) is 10.5 Å². The average Bonchev–Trinajstić information content (AvgIpc) is 2.91. The SMILES string of the molecule is CC(=O)N1CC[C@@]2(C[C@H](NS(=O)(=O)c3ccccc3)CCO2)C1. The molecule has 1 aromatic carbocycles. The van der Waals surface area contributed by atoms with Gasteiger partial charge in [-0.3, -0.25) is 4.79 Å². The molecule has 1 amide bonds. The van der Waals surface area contributed by atoms with Gasteiger partial charge in [-0.25, -0.2) is 13.1 Å². The number of nitrogens with zero attached hydrogens (tertiary/aromatic N) is 1. The third-order valence-electron chi connectivity index (χ3n) is 4.63. The van der Waals surface area contributed by atoms with Crippen LogP contribution in [0.15, 0.2) is 35.2 Å². The molecule has 0 unspecified atom stereocenters. The zero-order valence-corrected chi connectivity index (χ0v) is 14.0. The highest BCUT2D eigenvalue weighted by molar-refractivity contribution is 7.89. The predicted molar refractivity (Wildman–Crippen MR) is 85.3 cm³/mol. The number of amides is 1. The first-order chi connectivity index (χ1) is 10.9. The summed E-state index contributed by atoms with van der Waals surface area (Å²) in [6.45, 7) is 3.28. The first-order valence-corrected chi connectivity index (χ1v) is 9.35. The van der Waals surface area contributed by atoms with Crippen LogP contribution in [-0.2, 0) is 19.6 Å². The third kappa shape index (κ3) is 3.57. The van der Waals surface area contributed by atoms with Gasteiger partial charge < -0.3 is 9.64 Å². The minimum absolute atomic E-state index is 0.0393. The number of carbonyl (C=O) groups is 1. The Morgan fingerprint density at radius 3 is 2.74 bits per heavy atom. The van der Waals surface area contributed by atoms with Crippen LogP contribution < -0.4 is 4.72 Å². The fourth-order valence-electron chi connectivity index (χ4n) is 3.41. The molecule has 3 rings (SSSR count). The molecule has 1 spiro atoms. The maximum Gasteiger partial charge on any atom is 0.240 e. The molecule has 0 saturated carbocycles. The predicted octanol–water partition coefficient (Wildman–Crippen LogP) is 1.13. The van der Waals surface area contributed by atoms with Gasteiger partial charge >= 0.3 is 0 Å². The van der Waals surface area contributed by atoms with Crippen LogP contribution in [0.3, 0.4) is 0 Å². The molecule has 0 bridgehead atoms. The van der Waals surface area contributed by atoms with Gasteiger partial charge in [-0.15, -0.1) is 0 Å². The van der Waals surface area contributed by atoms with Crippen LogP contribution in [-0.4, -0.2) is 50.6 Å². The highest BCUT2D eigenvalue weighted by atomic mass is 32.2. The molecule has 1 N–H and O–H groups in total. The highest BCUT2D eigenvalue weighted by Gasteiger charge is 2.44. The van der Waals surface area contributed by atoms with Crippen LogP contribution >= 0.6 is 0 Å². The maximum absolute atomic E-state index is 12.5. The zero-order valence-electron chi connectivity index (χ0n) is 13.2. The number of hydrogen-bond acceptors (Lipinski definition) is 4. The van der Waals surface area contributed by atoms with Gasteiger partial charge in [0, 0.05) is 32.7 Å². The summed E-state index contributed by atoms with van der Waals surface area (Å²) in [6, 6.07) is 8.22. The highest BCUT2D eigenvalue weighted by Crippen LogP contribution is 2.34. The second-order valence-electron chi connectivity index (χ2n) is 6.35. The number of hydrogen-bond donors (Lipinski definition) is 1. The molecule has 2 atom stereocenters. The van der Waals surface area contributed by atoms with E-state index >= 15 is 0 Å². The fourth-order valence-corrected chi connectivity index (χ4v) is 4.70. The number of likely N-dealkylation sites (tertiary alicyclic amines) is 1. The summed E-state index contributed by atoms with van der Waals surface area (Å²) in [6.07, 6.45) is 2.01. The van der Waals surface area contributed by atoms with Crippen molar-refractivity contribution in [2.24, 2.45) is 0 Å². The second-order valence-corrected chi connectivity index (χ2v) is 8.06. The molecule has 2 saturated heterocycles. The van der Waals surface area contributed by atoms with E-state index in [9.17, 15) is 13.2 Å². The Balaban J connectivity index is 1.69. The van der Waals surface area contributed by atoms with Crippen molar-refractivity contribution in [1.29, 1.82) is 0 Å². The molecule has 2 heterocycles. The van der Waals surface area contributed by atoms with Crippen molar-refractivity contribution in [3.63, 3.8) is 0 Å². The zero-order chi connectivity index (χ0) is 16.5. The van der Waals surface area contributed by atoms with E-state index in [0.717, 1.165) is 6.42 Å². The Hall–Kier alpha value is -1.44. The van der Waals surface area contributed by atoms with E-state index in [1.54, 1.807) is 42.2 Å². The van der Waals surface area contributed by atoms with E-state index in [1.807, 2.05) is 0 Å². The Labute approximate surface area is 136 Å². The van der Waals surface area contributed by atoms with Crippen molar-refractivity contribution in [3.05, 3.63) is 30.3 Å². The number of sulfonamides is 1. The third-order valence-corrected chi connectivity index (χ3v) is 6.17. The van der Waals surface area contributed by atoms with E-state index in [0.29, 0.717) is 32.5 Å². The summed E-state index contributed by atoms with van der Waals surface area (Å²) >= 11 is 0. The molecule has 0 radical (unpaired) electrons. The largest absolute Gasteiger partial charge is 0.373 e. The van der Waals surface area contributed by atoms with Crippen LogP contribution in [0.5, 0.6) is 0 Å². The van der Waals surface area contributed by atoms with Gasteiger partial charge in [0.2, 0.25) is 15.9 Å². The van der Waals surface area contributed by atoms with Gasteiger partial charge in [0.25, 0.3) is 0 Å². The fraction of sp³-hybridized carbons (Fsp3) is 0.562. The number of carbonyl (C=O) groups excluding carboxylic acids is 1. The minimum atomic E-state index is -3.52. The first-order valence-electron chi connectivity index (χ1n) is 7.87. The standard InChI is InChI=1S/C16H22N2O4S/c1-13(19)18-9-8-16(12-18)11-14(7-10-22-16)17-23(20,21)15-5-3-2-4-6-15/h2-6,14,17H,7-12H2,1H3/t14-,16-/m1/s1. The summed E-state index contributed by atoms with van der Waals surface area (Å²) in [5.74, 6) is 0.0393. The Morgan fingerprint density at radius 2 is 2.09 bits per heavy atom. The smallest absolute Gasteiger partial charge is 0.240 e. The van der Waals surface area contributed by atoms with Gasteiger partial charge in [0.1, 0.15) is 0 Å². The Bertz CT molecular complexity index is 677. The van der Waals surface area contributed by atoms with Crippen molar-refractivity contribution < 1.29 is 17.9 Å². The van der Waals surface area contributed by atoms with Crippen molar-refractivity contribution in [2.75, 3.05) is 19.7 Å². The molecule has 2 aliphatic rings. The van der Waals surface area contributed by atoms with Gasteiger partial charge in [-0.1, -0.05) is 18.2 Å². The normalized spacial score (nSPS) is 28.2. The van der Waals surface area contributed by atoms with Crippen LogP contribution in [0.4, 0.5) is 0 Å². The number of ether oxygens (including phenoxy) is 1. The van der Waals surface area contributed by atoms with Crippen LogP contribution in [0.2, 0.25) is 0 Å². The lowest BCUT2D eigenvalue weighted by Gasteiger charge is -2.38. The number of benzene rings is 1. The quantitative estimate of drug-likeness (QED) is 0.897. The molecule has 0 aliphatic carbocycles. The summed E-state index contributed by atoms with van der Waals surface area (Å²) in [4.78, 5) is 13.6. The van der Waals surface area contributed by atoms with Crippen molar-refractivity contribution in [1.82, 2.24) is 9.62 Å². The molecule has 1 aromatic rings. The second kappa shape index (κ2) is 6.22. The molecular formula is C16H22N2O4S. The molecule has 126 valence electrons. The molecule has 23 heavy (non-hydrogen) atoms. The van der Waals surface area contributed by atoms with E-state index in [-0.39, 0.29) is 16.8 Å². The van der Waals surface area contributed by atoms with Crippen LogP contribution in [0.25, 0.3) is 0 Å². The Morgan fingerprint density at radius 1 is 1.35 bits per heavy atom. The summed E-state index contributed by atoms with van der Waals surface area (Å²) in [5.41, 5.74) is -0.409. The maximum atomic E-state index is 12.5. The molecular weight excluding hydrogens is 316 g/mol. The molecule has 0 aromatic heterocycles. The van der Waals surface area contributed by atoms with Gasteiger partial charge in [-0.2, -0.15) is 0 Å². The number of nitrogens with one attached hydrogen (secondary N) is 1. The van der Waals surface area contributed by atoms with E-state index in [1.165, 1.54) is 0 Å². The van der Waals surface area contributed by atoms with Crippen LogP contribution in [0, 0.1) is 0 Å². The van der Waals surface area contributed by atoms with Crippen molar-refractivity contribution >= 4 is 15.9 Å². The molecule has 7 heteroatoms. The summed E-state index contributed by atoms with van der Waals surface area (Å²) in [5, 5.41) is 0. The Kier molecular flexibility index (Phi) is 4.44. The minimum Gasteiger partial charge on any atom is -0.373 e. The molecule has 6 nitrogen and oxygen atoms in total. The number of rotatable bonds is 3. The monoisotopic (exact) mass is 338 g/mol. The van der Waals surface area contributed by atoms with E-state index in [4.69, 9.17) is 4.74 Å². The lowest BCUT2D eigenvalue weighted by atomic mass is 9.90. The molecule has 2 fully saturated rings. The van der Waals surface area contributed by atoms with E-state index in [2.05, 4.69) is 4.72 Å². The topological polar surface area (TPSA) is 75.7 Å². The molecule has 2 aliphatic heterocycles. The van der Waals surface area contributed by atoms with E-state index < -0.39 is 15.6 Å². The van der Waals surface area contributed by atoms with Gasteiger partial charge in [-0.05, 0) is 31.4 Å². The average molecular weight is 338 g/mol. The lowest BCUT2D eigenvalue weighted by Crippen LogP contribution is -2.50. The van der Waals surface area contributed by atoms with Gasteiger partial charge in [0.15, 0.2) is 0 Å². The van der Waals surface area contributed by atoms with Crippen molar-refractivity contribution in [2.45, 2.75) is 42.7 Å². The van der Waals surface area contributed by atoms with Crippen molar-refractivity contribution in [3.8, 4) is 0 Å². The lowest BCUT2D eigenvalue weighted by molar-refractivity contribution is -0.130.